The van der Waals surface area contributed by atoms with Crippen LogP contribution >= 0.6 is 0 Å². The molecule has 0 amide bonds. The first-order valence-corrected chi connectivity index (χ1v) is 8.74. The zero-order valence-corrected chi connectivity index (χ0v) is 16.3. The minimum Gasteiger partial charge on any atom is -0.468 e. The number of aromatic nitrogens is 3. The van der Waals surface area contributed by atoms with Crippen LogP contribution in [0.3, 0.4) is 0 Å². The number of hydrogen-bond acceptors (Lipinski definition) is 9. The summed E-state index contributed by atoms with van der Waals surface area (Å²) in [6, 6.07) is 10.1. The highest BCUT2D eigenvalue weighted by molar-refractivity contribution is 5.90. The summed E-state index contributed by atoms with van der Waals surface area (Å²) in [5.41, 5.74) is 13.1. The fraction of sp³-hybridized carbons (Fsp3) is 0.250. The maximum Gasteiger partial charge on any atom is 0.337 e. The molecule has 29 heavy (non-hydrogen) atoms. The lowest BCUT2D eigenvalue weighted by atomic mass is 9.78. The number of methoxy groups -OCH3 is 2. The van der Waals surface area contributed by atoms with E-state index in [-0.39, 0.29) is 18.2 Å². The normalized spacial score (nSPS) is 12.9. The van der Waals surface area contributed by atoms with E-state index in [1.54, 1.807) is 43.3 Å². The van der Waals surface area contributed by atoms with Crippen LogP contribution in [-0.2, 0) is 26.1 Å². The van der Waals surface area contributed by atoms with Gasteiger partial charge in [0.1, 0.15) is 5.52 Å². The van der Waals surface area contributed by atoms with Crippen LogP contribution in [0.4, 0.5) is 11.8 Å². The van der Waals surface area contributed by atoms with Gasteiger partial charge in [-0.05, 0) is 36.8 Å². The van der Waals surface area contributed by atoms with E-state index in [9.17, 15) is 9.59 Å². The standard InChI is InChI=1S/C20H21N5O4/c1-20(18(27)29-3,12-6-4-11(5-7-12)17(26)28-2)10-13-8-9-14-15(23-13)16(21)25-19(22)24-14/h4-9H,10H2,1-3H3,(H4,21,22,24,25)/t20-/m0/s1. The van der Waals surface area contributed by atoms with Crippen molar-refractivity contribution in [3.05, 3.63) is 53.2 Å². The molecule has 0 aliphatic heterocycles. The minimum atomic E-state index is -1.05. The van der Waals surface area contributed by atoms with E-state index in [4.69, 9.17) is 20.9 Å². The molecule has 0 saturated heterocycles. The van der Waals surface area contributed by atoms with Crippen LogP contribution < -0.4 is 11.5 Å². The van der Waals surface area contributed by atoms with Gasteiger partial charge in [-0.1, -0.05) is 12.1 Å². The number of carbonyl (C=O) groups excluding carboxylic acids is 2. The highest BCUT2D eigenvalue weighted by Crippen LogP contribution is 2.30. The van der Waals surface area contributed by atoms with Crippen molar-refractivity contribution in [1.29, 1.82) is 0 Å². The summed E-state index contributed by atoms with van der Waals surface area (Å²) in [5, 5.41) is 0. The predicted octanol–water partition coefficient (Wildman–Crippen LogP) is 1.65. The van der Waals surface area contributed by atoms with Gasteiger partial charge in [-0.25, -0.2) is 14.8 Å². The molecular weight excluding hydrogens is 374 g/mol. The molecule has 3 rings (SSSR count). The number of nitrogens with zero attached hydrogens (tertiary/aromatic N) is 3. The topological polar surface area (TPSA) is 143 Å². The Hall–Kier alpha value is -3.75. The predicted molar refractivity (Wildman–Crippen MR) is 107 cm³/mol. The van der Waals surface area contributed by atoms with E-state index >= 15 is 0 Å². The van der Waals surface area contributed by atoms with Crippen molar-refractivity contribution in [2.45, 2.75) is 18.8 Å². The molecule has 2 aromatic heterocycles. The second kappa shape index (κ2) is 7.70. The Morgan fingerprint density at radius 2 is 1.66 bits per heavy atom. The number of fused-ring (bicyclic) bond motifs is 1. The first kappa shape index (κ1) is 20.0. The SMILES string of the molecule is COC(=O)c1ccc([C@](C)(Cc2ccc3nc(N)nc(N)c3n2)C(=O)OC)cc1. The number of pyridine rings is 1. The number of hydrogen-bond donors (Lipinski definition) is 2. The van der Waals surface area contributed by atoms with Crippen molar-refractivity contribution in [1.82, 2.24) is 15.0 Å². The molecule has 0 fully saturated rings. The summed E-state index contributed by atoms with van der Waals surface area (Å²) in [4.78, 5) is 36.9. The number of benzene rings is 1. The monoisotopic (exact) mass is 395 g/mol. The Labute approximate surface area is 167 Å². The summed E-state index contributed by atoms with van der Waals surface area (Å²) in [7, 11) is 2.63. The average molecular weight is 395 g/mol. The number of nitrogens with two attached hydrogens (primary N) is 2. The first-order chi connectivity index (χ1) is 13.8. The van der Waals surface area contributed by atoms with Gasteiger partial charge in [0.2, 0.25) is 5.95 Å². The van der Waals surface area contributed by atoms with Gasteiger partial charge in [0, 0.05) is 12.1 Å². The quantitative estimate of drug-likeness (QED) is 0.616. The van der Waals surface area contributed by atoms with Gasteiger partial charge in [-0.2, -0.15) is 4.98 Å². The molecule has 0 saturated carbocycles. The van der Waals surface area contributed by atoms with Crippen LogP contribution in [0.2, 0.25) is 0 Å². The average Bonchev–Trinajstić information content (AvgIpc) is 2.72. The van der Waals surface area contributed by atoms with E-state index < -0.39 is 17.4 Å². The minimum absolute atomic E-state index is 0.0645. The Bertz CT molecular complexity index is 1080. The van der Waals surface area contributed by atoms with Crippen molar-refractivity contribution >= 4 is 34.7 Å². The lowest BCUT2D eigenvalue weighted by Crippen LogP contribution is -2.36. The van der Waals surface area contributed by atoms with Gasteiger partial charge in [0.25, 0.3) is 0 Å². The van der Waals surface area contributed by atoms with Crippen LogP contribution in [-0.4, -0.2) is 41.1 Å². The van der Waals surface area contributed by atoms with Crippen LogP contribution in [0.1, 0.15) is 28.5 Å². The number of nitrogen functional groups attached to an aromatic ring is 2. The first-order valence-electron chi connectivity index (χ1n) is 8.74. The van der Waals surface area contributed by atoms with Gasteiger partial charge in [0.05, 0.1) is 30.7 Å². The molecule has 1 atom stereocenters. The molecule has 0 aliphatic rings. The maximum atomic E-state index is 12.7. The Morgan fingerprint density at radius 3 is 2.28 bits per heavy atom. The van der Waals surface area contributed by atoms with Crippen LogP contribution in [0, 0.1) is 0 Å². The third kappa shape index (κ3) is 3.79. The van der Waals surface area contributed by atoms with Crippen molar-refractivity contribution in [2.24, 2.45) is 0 Å². The van der Waals surface area contributed by atoms with Crippen LogP contribution in [0.25, 0.3) is 11.0 Å². The second-order valence-electron chi connectivity index (χ2n) is 6.71. The molecule has 0 radical (unpaired) electrons. The molecule has 9 heteroatoms. The second-order valence-corrected chi connectivity index (χ2v) is 6.71. The third-order valence-corrected chi connectivity index (χ3v) is 4.76. The largest absolute Gasteiger partial charge is 0.468 e. The van der Waals surface area contributed by atoms with Gasteiger partial charge in [-0.3, -0.25) is 4.79 Å². The Morgan fingerprint density at radius 1 is 0.966 bits per heavy atom. The van der Waals surface area contributed by atoms with Crippen molar-refractivity contribution < 1.29 is 19.1 Å². The Balaban J connectivity index is 2.02. The lowest BCUT2D eigenvalue weighted by Gasteiger charge is -2.27. The number of carbonyl (C=O) groups is 2. The van der Waals surface area contributed by atoms with E-state index in [1.165, 1.54) is 14.2 Å². The maximum absolute atomic E-state index is 12.7. The highest BCUT2D eigenvalue weighted by atomic mass is 16.5. The fourth-order valence-corrected chi connectivity index (χ4v) is 3.17. The number of esters is 2. The van der Waals surface area contributed by atoms with E-state index in [2.05, 4.69) is 15.0 Å². The number of rotatable bonds is 5. The molecule has 4 N–H and O–H groups in total. The van der Waals surface area contributed by atoms with Crippen LogP contribution in [0.5, 0.6) is 0 Å². The van der Waals surface area contributed by atoms with Crippen molar-refractivity contribution in [3.63, 3.8) is 0 Å². The van der Waals surface area contributed by atoms with Crippen molar-refractivity contribution in [3.8, 4) is 0 Å². The molecule has 0 aliphatic carbocycles. The van der Waals surface area contributed by atoms with Crippen LogP contribution in [0.15, 0.2) is 36.4 Å². The molecule has 9 nitrogen and oxygen atoms in total. The summed E-state index contributed by atoms with van der Waals surface area (Å²) in [6.45, 7) is 1.75. The molecule has 3 aromatic rings. The molecule has 2 heterocycles. The molecular formula is C20H21N5O4. The van der Waals surface area contributed by atoms with Gasteiger partial charge in [0.15, 0.2) is 5.82 Å². The summed E-state index contributed by atoms with van der Waals surface area (Å²) < 4.78 is 9.76. The summed E-state index contributed by atoms with van der Waals surface area (Å²) >= 11 is 0. The lowest BCUT2D eigenvalue weighted by molar-refractivity contribution is -0.147. The molecule has 0 unspecified atom stereocenters. The van der Waals surface area contributed by atoms with Gasteiger partial charge in [-0.15, -0.1) is 0 Å². The van der Waals surface area contributed by atoms with E-state index in [1.807, 2.05) is 0 Å². The van der Waals surface area contributed by atoms with E-state index in [0.29, 0.717) is 27.9 Å². The molecule has 0 bridgehead atoms. The zero-order chi connectivity index (χ0) is 21.2. The smallest absolute Gasteiger partial charge is 0.337 e. The highest BCUT2D eigenvalue weighted by Gasteiger charge is 2.37. The fourth-order valence-electron chi connectivity index (χ4n) is 3.17. The Kier molecular flexibility index (Phi) is 5.31. The van der Waals surface area contributed by atoms with Gasteiger partial charge < -0.3 is 20.9 Å². The van der Waals surface area contributed by atoms with Crippen molar-refractivity contribution in [2.75, 3.05) is 25.7 Å². The molecule has 1 aromatic carbocycles. The number of ether oxygens (including phenoxy) is 2. The number of anilines is 2. The van der Waals surface area contributed by atoms with E-state index in [0.717, 1.165) is 0 Å². The zero-order valence-electron chi connectivity index (χ0n) is 16.3. The molecule has 0 spiro atoms. The third-order valence-electron chi connectivity index (χ3n) is 4.76. The van der Waals surface area contributed by atoms with Gasteiger partial charge >= 0.3 is 11.9 Å². The summed E-state index contributed by atoms with van der Waals surface area (Å²) in [5.74, 6) is -0.666. The summed E-state index contributed by atoms with van der Waals surface area (Å²) in [6.07, 6.45) is 0.233. The molecule has 150 valence electrons.